The van der Waals surface area contributed by atoms with Crippen molar-refractivity contribution < 1.29 is 4.57 Å². The predicted octanol–water partition coefficient (Wildman–Crippen LogP) is 1.92. The molecule has 2 aromatic rings. The number of rotatable bonds is 3. The summed E-state index contributed by atoms with van der Waals surface area (Å²) in [4.78, 5) is 0. The van der Waals surface area contributed by atoms with Crippen LogP contribution in [0.3, 0.4) is 0 Å². The summed E-state index contributed by atoms with van der Waals surface area (Å²) < 4.78 is 12.9. The highest BCUT2D eigenvalue weighted by atomic mass is 31.2. The molecule has 0 amide bonds. The number of benzene rings is 2. The first-order valence-corrected chi connectivity index (χ1v) is 7.07. The quantitative estimate of drug-likeness (QED) is 0.820. The molecule has 0 aliphatic rings. The van der Waals surface area contributed by atoms with E-state index in [-0.39, 0.29) is 6.29 Å². The third-order valence-electron chi connectivity index (χ3n) is 2.60. The van der Waals surface area contributed by atoms with E-state index in [0.29, 0.717) is 0 Å². The number of hydrogen-bond donors (Lipinski definition) is 1. The average Bonchev–Trinajstić information content (AvgIpc) is 2.40. The standard InChI is InChI=1S/C13H14NOP/c14-11-16(15,12-7-3-1-4-8-12)13-9-5-2-6-10-13/h1-10H,11,14H2. The van der Waals surface area contributed by atoms with Crippen molar-refractivity contribution in [3.8, 4) is 0 Å². The molecule has 0 heterocycles. The molecule has 16 heavy (non-hydrogen) atoms. The van der Waals surface area contributed by atoms with Gasteiger partial charge in [-0.2, -0.15) is 0 Å². The average molecular weight is 231 g/mol. The summed E-state index contributed by atoms with van der Waals surface area (Å²) in [6.07, 6.45) is 0.168. The topological polar surface area (TPSA) is 43.1 Å². The van der Waals surface area contributed by atoms with Gasteiger partial charge in [-0.05, 0) is 0 Å². The molecule has 0 fully saturated rings. The van der Waals surface area contributed by atoms with Crippen molar-refractivity contribution in [2.75, 3.05) is 6.29 Å². The minimum atomic E-state index is -2.63. The zero-order valence-electron chi connectivity index (χ0n) is 8.91. The van der Waals surface area contributed by atoms with Crippen molar-refractivity contribution in [1.82, 2.24) is 0 Å². The largest absolute Gasteiger partial charge is 0.324 e. The molecule has 0 unspecified atom stereocenters. The second-order valence-electron chi connectivity index (χ2n) is 3.59. The first-order valence-electron chi connectivity index (χ1n) is 5.18. The van der Waals surface area contributed by atoms with Crippen LogP contribution in [0.4, 0.5) is 0 Å². The first-order chi connectivity index (χ1) is 7.77. The SMILES string of the molecule is NCP(=O)(c1ccccc1)c1ccccc1. The molecule has 3 heteroatoms. The number of hydrogen-bond acceptors (Lipinski definition) is 2. The first kappa shape index (κ1) is 11.1. The van der Waals surface area contributed by atoms with Gasteiger partial charge in [-0.15, -0.1) is 0 Å². The Morgan fingerprint density at radius 2 is 1.19 bits per heavy atom. The third kappa shape index (κ3) is 1.95. The lowest BCUT2D eigenvalue weighted by Gasteiger charge is -2.16. The second kappa shape index (κ2) is 4.65. The molecule has 0 radical (unpaired) electrons. The molecule has 2 aromatic carbocycles. The summed E-state index contributed by atoms with van der Waals surface area (Å²) >= 11 is 0. The zero-order chi connectivity index (χ0) is 11.4. The third-order valence-corrected chi connectivity index (χ3v) is 5.38. The Bertz CT molecular complexity index is 452. The normalized spacial score (nSPS) is 11.3. The molecular formula is C13H14NOP. The fourth-order valence-electron chi connectivity index (χ4n) is 1.70. The highest BCUT2D eigenvalue weighted by Gasteiger charge is 2.24. The summed E-state index contributed by atoms with van der Waals surface area (Å²) in [5.41, 5.74) is 5.71. The van der Waals surface area contributed by atoms with Crippen LogP contribution in [0.5, 0.6) is 0 Å². The van der Waals surface area contributed by atoms with Crippen molar-refractivity contribution in [1.29, 1.82) is 0 Å². The van der Waals surface area contributed by atoms with Gasteiger partial charge in [0.25, 0.3) is 0 Å². The lowest BCUT2D eigenvalue weighted by molar-refractivity contribution is 0.587. The van der Waals surface area contributed by atoms with Crippen molar-refractivity contribution >= 4 is 17.8 Å². The lowest BCUT2D eigenvalue weighted by atomic mass is 10.4. The van der Waals surface area contributed by atoms with Gasteiger partial charge in [-0.25, -0.2) is 0 Å². The maximum Gasteiger partial charge on any atom is 0.156 e. The van der Waals surface area contributed by atoms with Crippen LogP contribution in [0.1, 0.15) is 0 Å². The van der Waals surface area contributed by atoms with Crippen LogP contribution in [-0.2, 0) is 4.57 Å². The Morgan fingerprint density at radius 3 is 1.50 bits per heavy atom. The highest BCUT2D eigenvalue weighted by molar-refractivity contribution is 7.78. The molecule has 0 spiro atoms. The Kier molecular flexibility index (Phi) is 3.23. The van der Waals surface area contributed by atoms with Crippen LogP contribution in [0.2, 0.25) is 0 Å². The van der Waals surface area contributed by atoms with E-state index in [0.717, 1.165) is 10.6 Å². The van der Waals surface area contributed by atoms with E-state index in [1.165, 1.54) is 0 Å². The van der Waals surface area contributed by atoms with Crippen molar-refractivity contribution in [2.24, 2.45) is 5.73 Å². The Hall–Kier alpha value is -1.37. The Morgan fingerprint density at radius 1 is 0.812 bits per heavy atom. The molecule has 2 N–H and O–H groups in total. The maximum absolute atomic E-state index is 12.9. The molecule has 2 rings (SSSR count). The van der Waals surface area contributed by atoms with Crippen LogP contribution in [0.25, 0.3) is 0 Å². The van der Waals surface area contributed by atoms with Crippen LogP contribution in [-0.4, -0.2) is 6.29 Å². The van der Waals surface area contributed by atoms with Gasteiger partial charge in [-0.1, -0.05) is 60.7 Å². The van der Waals surface area contributed by atoms with Gasteiger partial charge in [0.2, 0.25) is 0 Å². The smallest absolute Gasteiger partial charge is 0.156 e. The molecule has 0 aliphatic heterocycles. The molecule has 0 saturated heterocycles. The van der Waals surface area contributed by atoms with E-state index in [9.17, 15) is 4.57 Å². The van der Waals surface area contributed by atoms with E-state index < -0.39 is 7.14 Å². The molecule has 0 aromatic heterocycles. The van der Waals surface area contributed by atoms with Crippen molar-refractivity contribution in [2.45, 2.75) is 0 Å². The van der Waals surface area contributed by atoms with Gasteiger partial charge in [0.1, 0.15) is 0 Å². The van der Waals surface area contributed by atoms with Gasteiger partial charge >= 0.3 is 0 Å². The highest BCUT2D eigenvalue weighted by Crippen LogP contribution is 2.40. The van der Waals surface area contributed by atoms with Gasteiger partial charge in [0, 0.05) is 10.6 Å². The summed E-state index contributed by atoms with van der Waals surface area (Å²) in [5, 5.41) is 1.65. The fraction of sp³-hybridized carbons (Fsp3) is 0.0769. The Labute approximate surface area is 95.5 Å². The van der Waals surface area contributed by atoms with E-state index >= 15 is 0 Å². The van der Waals surface area contributed by atoms with Gasteiger partial charge < -0.3 is 10.3 Å². The van der Waals surface area contributed by atoms with E-state index in [1.54, 1.807) is 0 Å². The molecule has 2 nitrogen and oxygen atoms in total. The number of nitrogens with two attached hydrogens (primary N) is 1. The molecular weight excluding hydrogens is 217 g/mol. The molecule has 0 atom stereocenters. The van der Waals surface area contributed by atoms with Crippen LogP contribution < -0.4 is 16.3 Å². The molecule has 82 valence electrons. The monoisotopic (exact) mass is 231 g/mol. The van der Waals surface area contributed by atoms with E-state index in [1.807, 2.05) is 60.7 Å². The fourth-order valence-corrected chi connectivity index (χ4v) is 3.72. The summed E-state index contributed by atoms with van der Waals surface area (Å²) in [5.74, 6) is 0. The van der Waals surface area contributed by atoms with Crippen molar-refractivity contribution in [3.63, 3.8) is 0 Å². The van der Waals surface area contributed by atoms with E-state index in [2.05, 4.69) is 0 Å². The van der Waals surface area contributed by atoms with Crippen LogP contribution in [0, 0.1) is 0 Å². The predicted molar refractivity (Wildman–Crippen MR) is 68.8 cm³/mol. The van der Waals surface area contributed by atoms with Gasteiger partial charge in [-0.3, -0.25) is 0 Å². The molecule has 0 bridgehead atoms. The molecule has 0 aliphatic carbocycles. The minimum absolute atomic E-state index is 0.168. The summed E-state index contributed by atoms with van der Waals surface area (Å²) in [6, 6.07) is 18.9. The molecule has 0 saturated carbocycles. The van der Waals surface area contributed by atoms with Gasteiger partial charge in [0.05, 0.1) is 6.29 Å². The summed E-state index contributed by atoms with van der Waals surface area (Å²) in [6.45, 7) is 0. The van der Waals surface area contributed by atoms with Crippen LogP contribution >= 0.6 is 7.14 Å². The Balaban J connectivity index is 2.54. The lowest BCUT2D eigenvalue weighted by Crippen LogP contribution is -2.21. The minimum Gasteiger partial charge on any atom is -0.324 e. The van der Waals surface area contributed by atoms with Gasteiger partial charge in [0.15, 0.2) is 7.14 Å². The van der Waals surface area contributed by atoms with Crippen molar-refractivity contribution in [3.05, 3.63) is 60.7 Å². The maximum atomic E-state index is 12.9. The zero-order valence-corrected chi connectivity index (χ0v) is 9.81. The second-order valence-corrected chi connectivity index (χ2v) is 6.47. The van der Waals surface area contributed by atoms with Crippen LogP contribution in [0.15, 0.2) is 60.7 Å². The summed E-state index contributed by atoms with van der Waals surface area (Å²) in [7, 11) is -2.63. The van der Waals surface area contributed by atoms with E-state index in [4.69, 9.17) is 5.73 Å².